The molecule has 7 heteroatoms. The Morgan fingerprint density at radius 3 is 2.38 bits per heavy atom. The van der Waals surface area contributed by atoms with E-state index in [1.54, 1.807) is 20.8 Å². The van der Waals surface area contributed by atoms with E-state index in [1.165, 1.54) is 0 Å². The number of amides is 2. The molecule has 2 rings (SSSR count). The van der Waals surface area contributed by atoms with Crippen LogP contribution in [-0.4, -0.2) is 58.0 Å². The molecule has 2 unspecified atom stereocenters. The predicted molar refractivity (Wildman–Crippen MR) is 126 cm³/mol. The van der Waals surface area contributed by atoms with Crippen molar-refractivity contribution in [1.29, 1.82) is 0 Å². The lowest BCUT2D eigenvalue weighted by Gasteiger charge is -2.32. The quantitative estimate of drug-likeness (QED) is 0.539. The molecule has 1 saturated heterocycles. The number of carbonyl (C=O) groups excluding carboxylic acids is 2. The van der Waals surface area contributed by atoms with E-state index in [1.807, 2.05) is 42.2 Å². The molecule has 32 heavy (non-hydrogen) atoms. The molecule has 0 bridgehead atoms. The number of rotatable bonds is 9. The SMILES string of the molecule is CCCC(C)N1C(=O)[C@H]([C@@H](O)[C@H](Cc2ccccc2)NC(=O)OC(C)(C)C)NC1C(C)C. The van der Waals surface area contributed by atoms with Gasteiger partial charge in [0.05, 0.1) is 18.3 Å². The Kier molecular flexibility index (Phi) is 9.10. The number of aliphatic hydroxyl groups excluding tert-OH is 1. The summed E-state index contributed by atoms with van der Waals surface area (Å²) in [5.41, 5.74) is 0.290. The van der Waals surface area contributed by atoms with E-state index < -0.39 is 29.9 Å². The van der Waals surface area contributed by atoms with Gasteiger partial charge in [-0.1, -0.05) is 57.5 Å². The monoisotopic (exact) mass is 447 g/mol. The normalized spacial score (nSPS) is 22.0. The number of hydrogen-bond acceptors (Lipinski definition) is 5. The molecule has 1 fully saturated rings. The maximum atomic E-state index is 13.4. The summed E-state index contributed by atoms with van der Waals surface area (Å²) in [5.74, 6) is 0.0584. The van der Waals surface area contributed by atoms with Crippen LogP contribution in [0, 0.1) is 5.92 Å². The molecule has 0 aliphatic carbocycles. The van der Waals surface area contributed by atoms with Crippen LogP contribution in [0.25, 0.3) is 0 Å². The maximum Gasteiger partial charge on any atom is 0.407 e. The van der Waals surface area contributed by atoms with Gasteiger partial charge in [-0.25, -0.2) is 4.79 Å². The Hall–Kier alpha value is -2.12. The number of hydrogen-bond donors (Lipinski definition) is 3. The molecule has 0 spiro atoms. The molecule has 5 atom stereocenters. The van der Waals surface area contributed by atoms with Crippen molar-refractivity contribution in [3.63, 3.8) is 0 Å². The van der Waals surface area contributed by atoms with Gasteiger partial charge in [0, 0.05) is 6.04 Å². The Labute approximate surface area is 192 Å². The molecular weight excluding hydrogens is 406 g/mol. The number of carbonyl (C=O) groups is 2. The third-order valence-electron chi connectivity index (χ3n) is 5.74. The average molecular weight is 448 g/mol. The van der Waals surface area contributed by atoms with E-state index in [4.69, 9.17) is 4.74 Å². The molecule has 3 N–H and O–H groups in total. The second-order valence-electron chi connectivity index (χ2n) is 10.1. The second kappa shape index (κ2) is 11.1. The zero-order chi connectivity index (χ0) is 24.1. The fraction of sp³-hybridized carbons (Fsp3) is 0.680. The van der Waals surface area contributed by atoms with Gasteiger partial charge in [0.15, 0.2) is 0 Å². The van der Waals surface area contributed by atoms with E-state index in [9.17, 15) is 14.7 Å². The van der Waals surface area contributed by atoms with Crippen LogP contribution in [-0.2, 0) is 16.0 Å². The zero-order valence-electron chi connectivity index (χ0n) is 20.6. The molecule has 180 valence electrons. The molecule has 1 aliphatic rings. The lowest BCUT2D eigenvalue weighted by molar-refractivity contribution is -0.134. The fourth-order valence-corrected chi connectivity index (χ4v) is 4.26. The minimum absolute atomic E-state index is 0.0657. The van der Waals surface area contributed by atoms with Crippen LogP contribution in [0.1, 0.15) is 66.9 Å². The zero-order valence-corrected chi connectivity index (χ0v) is 20.6. The van der Waals surface area contributed by atoms with Crippen molar-refractivity contribution in [2.75, 3.05) is 0 Å². The van der Waals surface area contributed by atoms with E-state index >= 15 is 0 Å². The number of benzene rings is 1. The Morgan fingerprint density at radius 2 is 1.84 bits per heavy atom. The van der Waals surface area contributed by atoms with Crippen molar-refractivity contribution in [2.24, 2.45) is 5.92 Å². The van der Waals surface area contributed by atoms with Gasteiger partial charge >= 0.3 is 6.09 Å². The molecule has 7 nitrogen and oxygen atoms in total. The molecule has 1 aromatic rings. The van der Waals surface area contributed by atoms with Crippen LogP contribution < -0.4 is 10.6 Å². The van der Waals surface area contributed by atoms with E-state index in [0.717, 1.165) is 18.4 Å². The number of nitrogens with zero attached hydrogens (tertiary/aromatic N) is 1. The van der Waals surface area contributed by atoms with Crippen LogP contribution in [0.2, 0.25) is 0 Å². The molecule has 0 aromatic heterocycles. The lowest BCUT2D eigenvalue weighted by Crippen LogP contribution is -2.55. The number of alkyl carbamates (subject to hydrolysis) is 1. The van der Waals surface area contributed by atoms with Crippen LogP contribution >= 0.6 is 0 Å². The topological polar surface area (TPSA) is 90.9 Å². The fourth-order valence-electron chi connectivity index (χ4n) is 4.26. The number of aliphatic hydroxyl groups is 1. The summed E-state index contributed by atoms with van der Waals surface area (Å²) in [7, 11) is 0. The van der Waals surface area contributed by atoms with Crippen LogP contribution in [0.3, 0.4) is 0 Å². The molecule has 0 saturated carbocycles. The first-order valence-electron chi connectivity index (χ1n) is 11.7. The maximum absolute atomic E-state index is 13.4. The number of nitrogens with one attached hydrogen (secondary N) is 2. The first-order valence-corrected chi connectivity index (χ1v) is 11.7. The van der Waals surface area contributed by atoms with E-state index in [2.05, 4.69) is 31.4 Å². The molecule has 2 amide bonds. The van der Waals surface area contributed by atoms with Gasteiger partial charge in [-0.15, -0.1) is 0 Å². The highest BCUT2D eigenvalue weighted by Gasteiger charge is 2.47. The van der Waals surface area contributed by atoms with Crippen molar-refractivity contribution in [2.45, 2.75) is 104 Å². The predicted octanol–water partition coefficient (Wildman–Crippen LogP) is 3.45. The van der Waals surface area contributed by atoms with Crippen molar-refractivity contribution in [3.8, 4) is 0 Å². The Morgan fingerprint density at radius 1 is 1.22 bits per heavy atom. The molecule has 1 aliphatic heterocycles. The summed E-state index contributed by atoms with van der Waals surface area (Å²) >= 11 is 0. The van der Waals surface area contributed by atoms with Crippen molar-refractivity contribution in [3.05, 3.63) is 35.9 Å². The van der Waals surface area contributed by atoms with Crippen LogP contribution in [0.4, 0.5) is 4.79 Å². The summed E-state index contributed by atoms with van der Waals surface area (Å²) in [6.07, 6.45) is 0.351. The minimum Gasteiger partial charge on any atom is -0.444 e. The first-order chi connectivity index (χ1) is 14.9. The second-order valence-corrected chi connectivity index (χ2v) is 10.1. The summed E-state index contributed by atoms with van der Waals surface area (Å²) in [6, 6.07) is 8.19. The highest BCUT2D eigenvalue weighted by molar-refractivity contribution is 5.85. The van der Waals surface area contributed by atoms with E-state index in [-0.39, 0.29) is 24.0 Å². The van der Waals surface area contributed by atoms with Gasteiger partial charge in [-0.2, -0.15) is 0 Å². The third-order valence-corrected chi connectivity index (χ3v) is 5.74. The van der Waals surface area contributed by atoms with Gasteiger partial charge in [-0.05, 0) is 52.0 Å². The van der Waals surface area contributed by atoms with Gasteiger partial charge in [0.2, 0.25) is 5.91 Å². The standard InChI is InChI=1S/C25H41N3O4/c1-8-12-17(4)28-22(16(2)3)27-20(23(28)30)21(29)19(15-18-13-10-9-11-14-18)26-24(31)32-25(5,6)7/h9-11,13-14,16-17,19-22,27,29H,8,12,15H2,1-7H3,(H,26,31)/t17?,19-,20-,21-,22?/m0/s1. The van der Waals surface area contributed by atoms with Crippen molar-refractivity contribution in [1.82, 2.24) is 15.5 Å². The van der Waals surface area contributed by atoms with Gasteiger partial charge in [-0.3, -0.25) is 10.1 Å². The summed E-state index contributed by atoms with van der Waals surface area (Å²) in [4.78, 5) is 27.8. The summed E-state index contributed by atoms with van der Waals surface area (Å²) < 4.78 is 5.42. The highest BCUT2D eigenvalue weighted by atomic mass is 16.6. The third kappa shape index (κ3) is 6.94. The molecule has 1 aromatic carbocycles. The summed E-state index contributed by atoms with van der Waals surface area (Å²) in [5, 5.41) is 17.5. The van der Waals surface area contributed by atoms with Gasteiger partial charge in [0.25, 0.3) is 0 Å². The molecular formula is C25H41N3O4. The highest BCUT2D eigenvalue weighted by Crippen LogP contribution is 2.25. The molecule has 0 radical (unpaired) electrons. The van der Waals surface area contributed by atoms with Crippen molar-refractivity contribution < 1.29 is 19.4 Å². The Balaban J connectivity index is 2.27. The largest absolute Gasteiger partial charge is 0.444 e. The van der Waals surface area contributed by atoms with Gasteiger partial charge in [0.1, 0.15) is 11.6 Å². The lowest BCUT2D eigenvalue weighted by atomic mass is 9.96. The minimum atomic E-state index is -1.12. The number of ether oxygens (including phenoxy) is 1. The molecule has 1 heterocycles. The first kappa shape index (κ1) is 26.1. The van der Waals surface area contributed by atoms with Crippen LogP contribution in [0.5, 0.6) is 0 Å². The average Bonchev–Trinajstić information content (AvgIpc) is 3.04. The van der Waals surface area contributed by atoms with Crippen molar-refractivity contribution >= 4 is 12.0 Å². The van der Waals surface area contributed by atoms with Crippen LogP contribution in [0.15, 0.2) is 30.3 Å². The van der Waals surface area contributed by atoms with Gasteiger partial charge < -0.3 is 20.1 Å². The Bertz CT molecular complexity index is 747. The smallest absolute Gasteiger partial charge is 0.407 e. The van der Waals surface area contributed by atoms with E-state index in [0.29, 0.717) is 6.42 Å². The summed E-state index contributed by atoms with van der Waals surface area (Å²) in [6.45, 7) is 13.6.